The Morgan fingerprint density at radius 1 is 1.61 bits per heavy atom. The Bertz CT molecular complexity index is 450. The molecule has 0 saturated carbocycles. The van der Waals surface area contributed by atoms with E-state index >= 15 is 0 Å². The average molecular weight is 265 g/mol. The maximum absolute atomic E-state index is 8.98. The van der Waals surface area contributed by atoms with Crippen LogP contribution in [0.4, 0.5) is 5.82 Å². The Labute approximate surface area is 113 Å². The van der Waals surface area contributed by atoms with Gasteiger partial charge in [0.05, 0.1) is 0 Å². The van der Waals surface area contributed by atoms with E-state index < -0.39 is 0 Å². The van der Waals surface area contributed by atoms with Crippen LogP contribution < -0.4 is 10.6 Å². The van der Waals surface area contributed by atoms with Crippen molar-refractivity contribution in [2.45, 2.75) is 19.8 Å². The molecule has 1 atom stereocenters. The molecule has 0 aliphatic carbocycles. The maximum Gasteiger partial charge on any atom is 0.129 e. The molecule has 1 aliphatic rings. The lowest BCUT2D eigenvalue weighted by atomic mass is 10.1. The number of aliphatic hydroxyl groups excluding tert-OH is 1. The topological polar surface area (TPSA) is 62.4 Å². The first kappa shape index (κ1) is 13.2. The molecule has 18 heavy (non-hydrogen) atoms. The first-order chi connectivity index (χ1) is 8.60. The molecule has 0 aromatic carbocycles. The molecular weight excluding hydrogens is 246 g/mol. The fraction of sp³-hybridized carbons (Fsp3) is 0.538. The van der Waals surface area contributed by atoms with Crippen molar-refractivity contribution in [2.75, 3.05) is 24.6 Å². The highest BCUT2D eigenvalue weighted by Gasteiger charge is 2.23. The molecule has 98 valence electrons. The van der Waals surface area contributed by atoms with Crippen molar-refractivity contribution < 1.29 is 5.11 Å². The SMILES string of the molecule is Cc1cc(C(N)=S)cc(N2CCC(CCO)C2)n1. The van der Waals surface area contributed by atoms with Crippen molar-refractivity contribution in [3.63, 3.8) is 0 Å². The van der Waals surface area contributed by atoms with Crippen LogP contribution in [0.1, 0.15) is 24.1 Å². The lowest BCUT2D eigenvalue weighted by molar-refractivity contribution is 0.263. The van der Waals surface area contributed by atoms with Gasteiger partial charge in [0.15, 0.2) is 0 Å². The smallest absolute Gasteiger partial charge is 0.129 e. The molecule has 1 saturated heterocycles. The van der Waals surface area contributed by atoms with Crippen molar-refractivity contribution in [1.82, 2.24) is 4.98 Å². The second-order valence-electron chi connectivity index (χ2n) is 4.83. The minimum atomic E-state index is 0.262. The molecule has 5 heteroatoms. The molecule has 0 spiro atoms. The van der Waals surface area contributed by atoms with Crippen molar-refractivity contribution in [3.8, 4) is 0 Å². The predicted octanol–water partition coefficient (Wildman–Crippen LogP) is 1.23. The Morgan fingerprint density at radius 2 is 2.39 bits per heavy atom. The summed E-state index contributed by atoms with van der Waals surface area (Å²) >= 11 is 5.02. The molecule has 4 nitrogen and oxygen atoms in total. The number of nitrogens with zero attached hydrogens (tertiary/aromatic N) is 2. The van der Waals surface area contributed by atoms with Crippen LogP contribution in [0.15, 0.2) is 12.1 Å². The molecule has 3 N–H and O–H groups in total. The van der Waals surface area contributed by atoms with Crippen LogP contribution in [0.2, 0.25) is 0 Å². The van der Waals surface area contributed by atoms with Gasteiger partial charge in [-0.3, -0.25) is 0 Å². The summed E-state index contributed by atoms with van der Waals surface area (Å²) in [5.41, 5.74) is 7.48. The van der Waals surface area contributed by atoms with Gasteiger partial charge in [-0.25, -0.2) is 4.98 Å². The Kier molecular flexibility index (Phi) is 4.14. The zero-order valence-electron chi connectivity index (χ0n) is 10.6. The molecule has 1 unspecified atom stereocenters. The van der Waals surface area contributed by atoms with Crippen LogP contribution in [0.25, 0.3) is 0 Å². The number of anilines is 1. The maximum atomic E-state index is 8.98. The van der Waals surface area contributed by atoms with Gasteiger partial charge in [0.25, 0.3) is 0 Å². The lowest BCUT2D eigenvalue weighted by Gasteiger charge is -2.18. The molecule has 0 amide bonds. The highest BCUT2D eigenvalue weighted by Crippen LogP contribution is 2.25. The summed E-state index contributed by atoms with van der Waals surface area (Å²) in [6.45, 7) is 4.15. The summed E-state index contributed by atoms with van der Waals surface area (Å²) in [5.74, 6) is 1.50. The van der Waals surface area contributed by atoms with Crippen LogP contribution in [0.5, 0.6) is 0 Å². The van der Waals surface area contributed by atoms with Crippen molar-refractivity contribution in [2.24, 2.45) is 11.7 Å². The van der Waals surface area contributed by atoms with E-state index in [1.807, 2.05) is 19.1 Å². The predicted molar refractivity (Wildman–Crippen MR) is 76.9 cm³/mol. The first-order valence-corrected chi connectivity index (χ1v) is 6.65. The highest BCUT2D eigenvalue weighted by atomic mass is 32.1. The quantitative estimate of drug-likeness (QED) is 0.802. The standard InChI is InChI=1S/C13H19N3OS/c1-9-6-11(13(14)18)7-12(15-9)16-4-2-10(8-16)3-5-17/h6-7,10,17H,2-5,8H2,1H3,(H2,14,18). The normalized spacial score (nSPS) is 19.2. The molecule has 1 aromatic rings. The van der Waals surface area contributed by atoms with E-state index in [1.165, 1.54) is 0 Å². The fourth-order valence-electron chi connectivity index (χ4n) is 2.41. The van der Waals surface area contributed by atoms with Gasteiger partial charge in [-0.05, 0) is 37.8 Å². The van der Waals surface area contributed by atoms with Gasteiger partial charge in [0.2, 0.25) is 0 Å². The van der Waals surface area contributed by atoms with Crippen LogP contribution in [0, 0.1) is 12.8 Å². The summed E-state index contributed by atoms with van der Waals surface area (Å²) < 4.78 is 0. The van der Waals surface area contributed by atoms with Gasteiger partial charge in [-0.2, -0.15) is 0 Å². The molecular formula is C13H19N3OS. The number of aryl methyl sites for hydroxylation is 1. The van der Waals surface area contributed by atoms with Crippen LogP contribution >= 0.6 is 12.2 Å². The number of nitrogens with two attached hydrogens (primary N) is 1. The third-order valence-corrected chi connectivity index (χ3v) is 3.61. The van der Waals surface area contributed by atoms with E-state index in [-0.39, 0.29) is 6.61 Å². The van der Waals surface area contributed by atoms with Crippen molar-refractivity contribution >= 4 is 23.0 Å². The summed E-state index contributed by atoms with van der Waals surface area (Å²) in [6, 6.07) is 3.86. The van der Waals surface area contributed by atoms with Crippen LogP contribution in [0.3, 0.4) is 0 Å². The average Bonchev–Trinajstić information content (AvgIpc) is 2.77. The summed E-state index contributed by atoms with van der Waals surface area (Å²) in [7, 11) is 0. The Hall–Kier alpha value is -1.20. The van der Waals surface area contributed by atoms with Gasteiger partial charge in [-0.1, -0.05) is 12.2 Å². The largest absolute Gasteiger partial charge is 0.396 e. The molecule has 1 aliphatic heterocycles. The molecule has 1 fully saturated rings. The van der Waals surface area contributed by atoms with Crippen LogP contribution in [-0.4, -0.2) is 34.8 Å². The number of hydrogen-bond acceptors (Lipinski definition) is 4. The van der Waals surface area contributed by atoms with E-state index in [0.717, 1.165) is 43.0 Å². The Balaban J connectivity index is 2.16. The molecule has 0 radical (unpaired) electrons. The summed E-state index contributed by atoms with van der Waals surface area (Å²) in [6.07, 6.45) is 1.98. The van der Waals surface area contributed by atoms with Gasteiger partial charge in [0.1, 0.15) is 10.8 Å². The zero-order valence-corrected chi connectivity index (χ0v) is 11.4. The molecule has 1 aromatic heterocycles. The van der Waals surface area contributed by atoms with Gasteiger partial charge < -0.3 is 15.7 Å². The monoisotopic (exact) mass is 265 g/mol. The van der Waals surface area contributed by atoms with Gasteiger partial charge >= 0.3 is 0 Å². The van der Waals surface area contributed by atoms with Crippen molar-refractivity contribution in [3.05, 3.63) is 23.4 Å². The number of aromatic nitrogens is 1. The van der Waals surface area contributed by atoms with E-state index in [2.05, 4.69) is 9.88 Å². The molecule has 0 bridgehead atoms. The molecule has 2 heterocycles. The second-order valence-corrected chi connectivity index (χ2v) is 5.27. The number of rotatable bonds is 4. The number of thiocarbonyl (C=S) groups is 1. The second kappa shape index (κ2) is 5.63. The Morgan fingerprint density at radius 3 is 3.06 bits per heavy atom. The van der Waals surface area contributed by atoms with Gasteiger partial charge in [0, 0.05) is 31.0 Å². The summed E-state index contributed by atoms with van der Waals surface area (Å²) in [4.78, 5) is 7.20. The van der Waals surface area contributed by atoms with Crippen molar-refractivity contribution in [1.29, 1.82) is 0 Å². The van der Waals surface area contributed by atoms with Gasteiger partial charge in [-0.15, -0.1) is 0 Å². The van der Waals surface area contributed by atoms with Crippen LogP contribution in [-0.2, 0) is 0 Å². The van der Waals surface area contributed by atoms with E-state index in [0.29, 0.717) is 10.9 Å². The first-order valence-electron chi connectivity index (χ1n) is 6.24. The molecule has 2 rings (SSSR count). The van der Waals surface area contributed by atoms with E-state index in [1.54, 1.807) is 0 Å². The minimum absolute atomic E-state index is 0.262. The highest BCUT2D eigenvalue weighted by molar-refractivity contribution is 7.80. The zero-order chi connectivity index (χ0) is 13.1. The van der Waals surface area contributed by atoms with E-state index in [4.69, 9.17) is 23.1 Å². The third-order valence-electron chi connectivity index (χ3n) is 3.37. The van der Waals surface area contributed by atoms with E-state index in [9.17, 15) is 0 Å². The minimum Gasteiger partial charge on any atom is -0.396 e. The lowest BCUT2D eigenvalue weighted by Crippen LogP contribution is -2.22. The number of pyridine rings is 1. The summed E-state index contributed by atoms with van der Waals surface area (Å²) in [5, 5.41) is 8.98. The number of hydrogen-bond donors (Lipinski definition) is 2. The number of aliphatic hydroxyl groups is 1. The fourth-order valence-corrected chi connectivity index (χ4v) is 2.53. The third kappa shape index (κ3) is 2.97.